The number of hydrogen-bond acceptors (Lipinski definition) is 5. The Morgan fingerprint density at radius 3 is 2.64 bits per heavy atom. The summed E-state index contributed by atoms with van der Waals surface area (Å²) in [7, 11) is 0. The Morgan fingerprint density at radius 2 is 2.05 bits per heavy atom. The van der Waals surface area contributed by atoms with E-state index in [-0.39, 0.29) is 42.7 Å². The van der Waals surface area contributed by atoms with Crippen molar-refractivity contribution in [3.63, 3.8) is 0 Å². The molecule has 0 aromatic carbocycles. The molecule has 0 saturated carbocycles. The van der Waals surface area contributed by atoms with Crippen LogP contribution in [0.25, 0.3) is 0 Å². The zero-order valence-corrected chi connectivity index (χ0v) is 15.5. The summed E-state index contributed by atoms with van der Waals surface area (Å²) in [5.41, 5.74) is 6.78. The van der Waals surface area contributed by atoms with Gasteiger partial charge in [0, 0.05) is 43.4 Å². The van der Waals surface area contributed by atoms with Crippen molar-refractivity contribution in [2.45, 2.75) is 39.2 Å². The van der Waals surface area contributed by atoms with E-state index in [9.17, 15) is 4.79 Å². The molecule has 1 aliphatic heterocycles. The Bertz CT molecular complexity index is 450. The molecule has 0 spiro atoms. The van der Waals surface area contributed by atoms with Gasteiger partial charge in [-0.25, -0.2) is 4.98 Å². The number of rotatable bonds is 6. The third-order valence-corrected chi connectivity index (χ3v) is 4.75. The van der Waals surface area contributed by atoms with Gasteiger partial charge in [-0.2, -0.15) is 0 Å². The summed E-state index contributed by atoms with van der Waals surface area (Å²) in [6, 6.07) is -0.115. The third-order valence-electron chi connectivity index (χ3n) is 3.80. The Kier molecular flexibility index (Phi) is 10.00. The maximum atomic E-state index is 11.8. The molecule has 5 nitrogen and oxygen atoms in total. The average Bonchev–Trinajstić information content (AvgIpc) is 3.07. The van der Waals surface area contributed by atoms with Gasteiger partial charge in [0.2, 0.25) is 5.91 Å². The highest BCUT2D eigenvalue weighted by molar-refractivity contribution is 7.13. The van der Waals surface area contributed by atoms with Crippen LogP contribution in [-0.4, -0.2) is 36.6 Å². The molecule has 2 atom stereocenters. The third kappa shape index (κ3) is 5.91. The number of thiazole rings is 1. The van der Waals surface area contributed by atoms with Crippen LogP contribution in [0.1, 0.15) is 32.4 Å². The van der Waals surface area contributed by atoms with Crippen LogP contribution in [0.4, 0.5) is 5.13 Å². The molecule has 8 heteroatoms. The van der Waals surface area contributed by atoms with E-state index in [4.69, 9.17) is 5.73 Å². The van der Waals surface area contributed by atoms with Crippen LogP contribution in [0.5, 0.6) is 0 Å². The zero-order valence-electron chi connectivity index (χ0n) is 13.1. The fraction of sp³-hybridized carbons (Fsp3) is 0.714. The molecule has 1 aromatic rings. The van der Waals surface area contributed by atoms with Crippen molar-refractivity contribution in [2.75, 3.05) is 24.5 Å². The van der Waals surface area contributed by atoms with Crippen LogP contribution in [-0.2, 0) is 11.2 Å². The van der Waals surface area contributed by atoms with E-state index in [1.54, 1.807) is 11.3 Å². The number of carbonyl (C=O) groups is 1. The van der Waals surface area contributed by atoms with E-state index in [0.29, 0.717) is 6.54 Å². The zero-order chi connectivity index (χ0) is 14.5. The predicted octanol–water partition coefficient (Wildman–Crippen LogP) is 2.23. The Morgan fingerprint density at radius 1 is 1.41 bits per heavy atom. The second-order valence-electron chi connectivity index (χ2n) is 5.50. The first-order valence-electron chi connectivity index (χ1n) is 7.30. The molecule has 22 heavy (non-hydrogen) atoms. The Hall–Kier alpha value is -0.560. The first kappa shape index (κ1) is 21.4. The average molecular weight is 369 g/mol. The molecule has 1 aromatic heterocycles. The van der Waals surface area contributed by atoms with Gasteiger partial charge >= 0.3 is 0 Å². The molecule has 0 bridgehead atoms. The topological polar surface area (TPSA) is 71.2 Å². The molecule has 1 amide bonds. The van der Waals surface area contributed by atoms with Crippen LogP contribution in [0.15, 0.2) is 5.38 Å². The standard InChI is InChI=1S/C14H24N4OS.2ClH/c1-10(11(2)15)13(19)16-6-5-12-9-20-14(17-12)18-7-3-4-8-18;;/h9-11H,3-8,15H2,1-2H3,(H,16,19);2*1H. The molecule has 0 radical (unpaired) electrons. The van der Waals surface area contributed by atoms with Crippen LogP contribution in [0.2, 0.25) is 0 Å². The van der Waals surface area contributed by atoms with Gasteiger partial charge < -0.3 is 16.0 Å². The molecule has 0 aliphatic carbocycles. The predicted molar refractivity (Wildman–Crippen MR) is 97.6 cm³/mol. The van der Waals surface area contributed by atoms with Crippen molar-refractivity contribution in [1.29, 1.82) is 0 Å². The first-order valence-corrected chi connectivity index (χ1v) is 8.18. The van der Waals surface area contributed by atoms with Gasteiger partial charge in [0.25, 0.3) is 0 Å². The second kappa shape index (κ2) is 10.3. The minimum atomic E-state index is -0.148. The fourth-order valence-corrected chi connectivity index (χ4v) is 3.09. The van der Waals surface area contributed by atoms with Crippen molar-refractivity contribution in [1.82, 2.24) is 10.3 Å². The summed E-state index contributed by atoms with van der Waals surface area (Å²) in [4.78, 5) is 18.7. The van der Waals surface area contributed by atoms with Gasteiger partial charge in [0.15, 0.2) is 5.13 Å². The summed E-state index contributed by atoms with van der Waals surface area (Å²) in [5.74, 6) is -0.124. The van der Waals surface area contributed by atoms with Crippen molar-refractivity contribution >= 4 is 47.2 Å². The van der Waals surface area contributed by atoms with E-state index in [2.05, 4.69) is 20.6 Å². The highest BCUT2D eigenvalue weighted by Crippen LogP contribution is 2.24. The normalized spacial score (nSPS) is 16.4. The smallest absolute Gasteiger partial charge is 0.224 e. The highest BCUT2D eigenvalue weighted by atomic mass is 35.5. The number of amides is 1. The van der Waals surface area contributed by atoms with Crippen LogP contribution in [0, 0.1) is 5.92 Å². The molecule has 2 unspecified atom stereocenters. The maximum absolute atomic E-state index is 11.8. The van der Waals surface area contributed by atoms with Gasteiger partial charge in [0.05, 0.1) is 5.69 Å². The number of anilines is 1. The molecule has 1 saturated heterocycles. The van der Waals surface area contributed by atoms with Gasteiger partial charge in [-0.1, -0.05) is 6.92 Å². The van der Waals surface area contributed by atoms with Crippen molar-refractivity contribution in [2.24, 2.45) is 11.7 Å². The van der Waals surface area contributed by atoms with Crippen molar-refractivity contribution < 1.29 is 4.79 Å². The van der Waals surface area contributed by atoms with E-state index in [1.165, 1.54) is 12.8 Å². The SMILES string of the molecule is CC(N)C(C)C(=O)NCCc1csc(N2CCCC2)n1.Cl.Cl. The maximum Gasteiger partial charge on any atom is 0.224 e. The quantitative estimate of drug-likeness (QED) is 0.807. The molecule has 128 valence electrons. The lowest BCUT2D eigenvalue weighted by Crippen LogP contribution is -2.39. The summed E-state index contributed by atoms with van der Waals surface area (Å²) < 4.78 is 0. The van der Waals surface area contributed by atoms with Crippen LogP contribution < -0.4 is 16.0 Å². The van der Waals surface area contributed by atoms with Gasteiger partial charge in [0.1, 0.15) is 0 Å². The highest BCUT2D eigenvalue weighted by Gasteiger charge is 2.17. The first-order chi connectivity index (χ1) is 9.58. The van der Waals surface area contributed by atoms with E-state index in [1.807, 2.05) is 13.8 Å². The summed E-state index contributed by atoms with van der Waals surface area (Å²) in [6.45, 7) is 6.57. The molecule has 1 aliphatic rings. The number of nitrogens with zero attached hydrogens (tertiary/aromatic N) is 2. The largest absolute Gasteiger partial charge is 0.355 e. The molecule has 3 N–H and O–H groups in total. The molecule has 2 rings (SSSR count). The fourth-order valence-electron chi connectivity index (χ4n) is 2.18. The number of nitrogens with two attached hydrogens (primary N) is 1. The number of hydrogen-bond donors (Lipinski definition) is 2. The number of carbonyl (C=O) groups excluding carboxylic acids is 1. The monoisotopic (exact) mass is 368 g/mol. The Balaban J connectivity index is 0.00000220. The molecule has 1 fully saturated rings. The lowest BCUT2D eigenvalue weighted by Gasteiger charge is -2.15. The number of aromatic nitrogens is 1. The van der Waals surface area contributed by atoms with Crippen LogP contribution in [0.3, 0.4) is 0 Å². The molecular weight excluding hydrogens is 343 g/mol. The lowest BCUT2D eigenvalue weighted by molar-refractivity contribution is -0.124. The minimum absolute atomic E-state index is 0. The number of nitrogens with one attached hydrogen (secondary N) is 1. The van der Waals surface area contributed by atoms with Crippen LogP contribution >= 0.6 is 36.2 Å². The molecule has 2 heterocycles. The summed E-state index contributed by atoms with van der Waals surface area (Å²) >= 11 is 1.70. The van der Waals surface area contributed by atoms with Gasteiger partial charge in [-0.3, -0.25) is 4.79 Å². The van der Waals surface area contributed by atoms with E-state index < -0.39 is 0 Å². The van der Waals surface area contributed by atoms with Crippen molar-refractivity contribution in [3.8, 4) is 0 Å². The van der Waals surface area contributed by atoms with Gasteiger partial charge in [-0.15, -0.1) is 36.2 Å². The summed E-state index contributed by atoms with van der Waals surface area (Å²) in [6.07, 6.45) is 3.31. The van der Waals surface area contributed by atoms with E-state index in [0.717, 1.165) is 30.3 Å². The second-order valence-corrected chi connectivity index (χ2v) is 6.34. The lowest BCUT2D eigenvalue weighted by atomic mass is 10.0. The van der Waals surface area contributed by atoms with Gasteiger partial charge in [-0.05, 0) is 19.8 Å². The number of halogens is 2. The summed E-state index contributed by atoms with van der Waals surface area (Å²) in [5, 5.41) is 6.13. The molecular formula is C14H26Cl2N4OS. The minimum Gasteiger partial charge on any atom is -0.355 e. The van der Waals surface area contributed by atoms with Crippen molar-refractivity contribution in [3.05, 3.63) is 11.1 Å². The van der Waals surface area contributed by atoms with E-state index >= 15 is 0 Å². The Labute approximate surface area is 148 Å².